The Labute approximate surface area is 156 Å². The highest BCUT2D eigenvalue weighted by molar-refractivity contribution is 7.91. The molecule has 1 heterocycles. The lowest BCUT2D eigenvalue weighted by molar-refractivity contribution is 0.102. The van der Waals surface area contributed by atoms with Crippen molar-refractivity contribution < 1.29 is 22.7 Å². The second-order valence-corrected chi connectivity index (χ2v) is 8.94. The lowest BCUT2D eigenvalue weighted by Crippen LogP contribution is -2.24. The smallest absolute Gasteiger partial charge is 0.349 e. The average molecular weight is 391 g/mol. The average Bonchev–Trinajstić information content (AvgIpc) is 2.54. The molecule has 0 bridgehead atoms. The zero-order chi connectivity index (χ0) is 19.8. The molecule has 1 aliphatic rings. The second kappa shape index (κ2) is 7.19. The number of hydrogen-bond donors (Lipinski definition) is 2. The Kier molecular flexibility index (Phi) is 5.10. The van der Waals surface area contributed by atoms with Gasteiger partial charge in [0.2, 0.25) is 0 Å². The molecule has 1 aliphatic carbocycles. The summed E-state index contributed by atoms with van der Waals surface area (Å²) < 4.78 is 29.3. The van der Waals surface area contributed by atoms with Crippen molar-refractivity contribution in [3.63, 3.8) is 0 Å². The van der Waals surface area contributed by atoms with Crippen molar-refractivity contribution in [1.29, 1.82) is 0 Å². The fraction of sp³-hybridized carbons (Fsp3) is 0.368. The van der Waals surface area contributed by atoms with Gasteiger partial charge in [0.1, 0.15) is 17.1 Å². The molecular formula is C19H21NO6S. The number of phenols is 1. The summed E-state index contributed by atoms with van der Waals surface area (Å²) in [6.07, 6.45) is 3.01. The van der Waals surface area contributed by atoms with Crippen LogP contribution in [0.4, 0.5) is 5.69 Å². The van der Waals surface area contributed by atoms with Crippen LogP contribution in [0.2, 0.25) is 0 Å². The Hall–Kier alpha value is -2.61. The number of hydrogen-bond acceptors (Lipinski definition) is 6. The number of amides is 1. The maximum Gasteiger partial charge on any atom is 0.349 e. The number of phenolic OH excluding ortho intramolecular Hbond substituents is 1. The molecule has 0 aliphatic heterocycles. The molecule has 8 heteroatoms. The van der Waals surface area contributed by atoms with E-state index in [1.54, 1.807) is 13.0 Å². The minimum atomic E-state index is -3.51. The van der Waals surface area contributed by atoms with E-state index in [9.17, 15) is 23.1 Å². The van der Waals surface area contributed by atoms with Gasteiger partial charge in [0, 0.05) is 5.92 Å². The van der Waals surface area contributed by atoms with E-state index >= 15 is 0 Å². The van der Waals surface area contributed by atoms with E-state index in [0.29, 0.717) is 11.3 Å². The van der Waals surface area contributed by atoms with Crippen LogP contribution in [0.15, 0.2) is 38.4 Å². The van der Waals surface area contributed by atoms with Gasteiger partial charge < -0.3 is 14.8 Å². The van der Waals surface area contributed by atoms with E-state index < -0.39 is 21.4 Å². The summed E-state index contributed by atoms with van der Waals surface area (Å²) in [7, 11) is -3.51. The van der Waals surface area contributed by atoms with Crippen LogP contribution in [0, 0.1) is 6.92 Å². The van der Waals surface area contributed by atoms with E-state index in [4.69, 9.17) is 4.42 Å². The SMILES string of the molecule is CCS(=O)(=O)c1ccc(O)c(NC(=O)c2c(C)cc(C3CCC3)oc2=O)c1. The third kappa shape index (κ3) is 3.75. The molecule has 2 N–H and O–H groups in total. The van der Waals surface area contributed by atoms with E-state index in [2.05, 4.69) is 5.32 Å². The lowest BCUT2D eigenvalue weighted by Gasteiger charge is -2.24. The number of carbonyl (C=O) groups is 1. The van der Waals surface area contributed by atoms with Crippen LogP contribution in [0.5, 0.6) is 5.75 Å². The summed E-state index contributed by atoms with van der Waals surface area (Å²) in [6, 6.07) is 5.31. The molecule has 0 spiro atoms. The third-order valence-electron chi connectivity index (χ3n) is 4.86. The molecule has 27 heavy (non-hydrogen) atoms. The molecule has 7 nitrogen and oxygen atoms in total. The molecule has 144 valence electrons. The Morgan fingerprint density at radius 3 is 2.56 bits per heavy atom. The van der Waals surface area contributed by atoms with Gasteiger partial charge in [-0.1, -0.05) is 13.3 Å². The summed E-state index contributed by atoms with van der Waals surface area (Å²) in [5.74, 6) is -0.377. The predicted molar refractivity (Wildman–Crippen MR) is 100 cm³/mol. The van der Waals surface area contributed by atoms with Gasteiger partial charge in [0.25, 0.3) is 5.91 Å². The fourth-order valence-electron chi connectivity index (χ4n) is 2.96. The normalized spacial score (nSPS) is 14.6. The molecule has 3 rings (SSSR count). The van der Waals surface area contributed by atoms with Crippen molar-refractivity contribution >= 4 is 21.4 Å². The Morgan fingerprint density at radius 1 is 1.30 bits per heavy atom. The van der Waals surface area contributed by atoms with Crippen LogP contribution < -0.4 is 10.9 Å². The maximum absolute atomic E-state index is 12.6. The number of benzene rings is 1. The van der Waals surface area contributed by atoms with Crippen molar-refractivity contribution in [2.75, 3.05) is 11.1 Å². The number of rotatable bonds is 5. The van der Waals surface area contributed by atoms with E-state index in [1.807, 2.05) is 0 Å². The summed E-state index contributed by atoms with van der Waals surface area (Å²) in [4.78, 5) is 24.9. The van der Waals surface area contributed by atoms with Crippen LogP contribution in [-0.4, -0.2) is 25.2 Å². The van der Waals surface area contributed by atoms with Gasteiger partial charge in [-0.15, -0.1) is 0 Å². The Morgan fingerprint density at radius 2 is 2.00 bits per heavy atom. The summed E-state index contributed by atoms with van der Waals surface area (Å²) in [5, 5.41) is 12.4. The monoisotopic (exact) mass is 391 g/mol. The summed E-state index contributed by atoms with van der Waals surface area (Å²) in [5.41, 5.74) is -0.522. The molecule has 0 unspecified atom stereocenters. The molecule has 1 saturated carbocycles. The number of sulfone groups is 1. The van der Waals surface area contributed by atoms with E-state index in [0.717, 1.165) is 19.3 Å². The first kappa shape index (κ1) is 19.2. The van der Waals surface area contributed by atoms with Gasteiger partial charge in [-0.25, -0.2) is 13.2 Å². The number of aryl methyl sites for hydroxylation is 1. The van der Waals surface area contributed by atoms with Crippen molar-refractivity contribution in [2.24, 2.45) is 0 Å². The molecule has 1 fully saturated rings. The van der Waals surface area contributed by atoms with Gasteiger partial charge >= 0.3 is 5.63 Å². The minimum Gasteiger partial charge on any atom is -0.506 e. The molecule has 0 atom stereocenters. The maximum atomic E-state index is 12.6. The van der Waals surface area contributed by atoms with Gasteiger partial charge in [-0.05, 0) is 49.6 Å². The van der Waals surface area contributed by atoms with Gasteiger partial charge in [-0.2, -0.15) is 0 Å². The van der Waals surface area contributed by atoms with Gasteiger partial charge in [-0.3, -0.25) is 4.79 Å². The molecule has 1 amide bonds. The summed E-state index contributed by atoms with van der Waals surface area (Å²) >= 11 is 0. The van der Waals surface area contributed by atoms with Crippen molar-refractivity contribution in [3.05, 3.63) is 51.6 Å². The molecule has 2 aromatic rings. The van der Waals surface area contributed by atoms with Crippen LogP contribution in [0.1, 0.15) is 53.8 Å². The fourth-order valence-corrected chi connectivity index (χ4v) is 3.87. The van der Waals surface area contributed by atoms with Crippen LogP contribution in [0.25, 0.3) is 0 Å². The third-order valence-corrected chi connectivity index (χ3v) is 6.59. The van der Waals surface area contributed by atoms with Gasteiger partial charge in [0.15, 0.2) is 9.84 Å². The van der Waals surface area contributed by atoms with Crippen LogP contribution in [0.3, 0.4) is 0 Å². The van der Waals surface area contributed by atoms with Crippen LogP contribution >= 0.6 is 0 Å². The topological polar surface area (TPSA) is 114 Å². The van der Waals surface area contributed by atoms with E-state index in [1.165, 1.54) is 25.1 Å². The predicted octanol–water partition coefficient (Wildman–Crippen LogP) is 2.97. The minimum absolute atomic E-state index is 0.0258. The quantitative estimate of drug-likeness (QED) is 0.758. The van der Waals surface area contributed by atoms with Crippen molar-refractivity contribution in [1.82, 2.24) is 0 Å². The highest BCUT2D eigenvalue weighted by Crippen LogP contribution is 2.36. The van der Waals surface area contributed by atoms with Crippen LogP contribution in [-0.2, 0) is 9.84 Å². The zero-order valence-corrected chi connectivity index (χ0v) is 15.9. The molecule has 0 radical (unpaired) electrons. The highest BCUT2D eigenvalue weighted by atomic mass is 32.2. The molecular weight excluding hydrogens is 370 g/mol. The molecule has 1 aromatic carbocycles. The highest BCUT2D eigenvalue weighted by Gasteiger charge is 2.25. The van der Waals surface area contributed by atoms with Crippen molar-refractivity contribution in [2.45, 2.75) is 43.9 Å². The van der Waals surface area contributed by atoms with E-state index in [-0.39, 0.29) is 33.6 Å². The molecule has 0 saturated heterocycles. The second-order valence-electron chi connectivity index (χ2n) is 6.66. The first-order valence-corrected chi connectivity index (χ1v) is 10.4. The lowest BCUT2D eigenvalue weighted by atomic mass is 9.83. The van der Waals surface area contributed by atoms with Gasteiger partial charge in [0.05, 0.1) is 16.3 Å². The Balaban J connectivity index is 1.92. The standard InChI is InChI=1S/C19H21NO6S/c1-3-27(24,25)13-7-8-15(21)14(10-13)20-18(22)17-11(2)9-16(26-19(17)23)12-5-4-6-12/h7-10,12,21H,3-6H2,1-2H3,(H,20,22). The first-order chi connectivity index (χ1) is 12.7. The zero-order valence-electron chi connectivity index (χ0n) is 15.1. The molecule has 1 aromatic heterocycles. The first-order valence-electron chi connectivity index (χ1n) is 8.74. The van der Waals surface area contributed by atoms with Crippen molar-refractivity contribution in [3.8, 4) is 5.75 Å². The summed E-state index contributed by atoms with van der Waals surface area (Å²) in [6.45, 7) is 3.14. The number of nitrogens with one attached hydrogen (secondary N) is 1. The number of aromatic hydroxyl groups is 1. The number of anilines is 1. The Bertz CT molecular complexity index is 1050. The number of carbonyl (C=O) groups excluding carboxylic acids is 1. The largest absolute Gasteiger partial charge is 0.506 e.